The van der Waals surface area contributed by atoms with Crippen LogP contribution in [0.3, 0.4) is 0 Å². The van der Waals surface area contributed by atoms with E-state index >= 15 is 0 Å². The number of nitrogens with one attached hydrogen (secondary N) is 1. The second-order valence-corrected chi connectivity index (χ2v) is 4.83. The molecule has 0 saturated carbocycles. The van der Waals surface area contributed by atoms with E-state index in [-0.39, 0.29) is 11.7 Å². The molecule has 0 bridgehead atoms. The molecule has 0 aliphatic carbocycles. The molecule has 1 N–H and O–H groups in total. The number of rotatable bonds is 0. The molecule has 0 aromatic heterocycles. The number of hydrogen-bond donors (Lipinski definition) is 1. The van der Waals surface area contributed by atoms with E-state index in [1.807, 2.05) is 13.8 Å². The molecule has 0 unspecified atom stereocenters. The summed E-state index contributed by atoms with van der Waals surface area (Å²) in [5, 5.41) is 2.76. The van der Waals surface area contributed by atoms with Gasteiger partial charge in [0.05, 0.1) is 16.8 Å². The van der Waals surface area contributed by atoms with Gasteiger partial charge in [-0.1, -0.05) is 6.07 Å². The molecule has 86 valence electrons. The van der Waals surface area contributed by atoms with Gasteiger partial charge in [0.2, 0.25) is 5.91 Å². The van der Waals surface area contributed by atoms with Crippen LogP contribution in [-0.4, -0.2) is 19.5 Å². The summed E-state index contributed by atoms with van der Waals surface area (Å²) in [6, 6.07) is 4.72. The van der Waals surface area contributed by atoms with E-state index in [0.29, 0.717) is 17.9 Å². The zero-order chi connectivity index (χ0) is 11.9. The smallest absolute Gasteiger partial charge is 0.231 e. The van der Waals surface area contributed by atoms with Crippen LogP contribution in [0.1, 0.15) is 13.8 Å². The minimum absolute atomic E-state index is 0.0799. The molecule has 1 aromatic carbocycles. The van der Waals surface area contributed by atoms with E-state index in [9.17, 15) is 9.18 Å². The second kappa shape index (κ2) is 3.47. The number of nitrogens with zero attached hydrogens (tertiary/aromatic N) is 1. The quantitative estimate of drug-likeness (QED) is 0.730. The third-order valence-corrected chi connectivity index (χ3v) is 2.86. The minimum Gasteiger partial charge on any atom is -0.369 e. The van der Waals surface area contributed by atoms with Crippen molar-refractivity contribution in [2.24, 2.45) is 5.41 Å². The molecule has 2 rings (SSSR count). The van der Waals surface area contributed by atoms with Gasteiger partial charge in [0.15, 0.2) is 0 Å². The zero-order valence-electron chi connectivity index (χ0n) is 9.67. The molecule has 0 spiro atoms. The lowest BCUT2D eigenvalue weighted by Crippen LogP contribution is -2.37. The number of amides is 1. The second-order valence-electron chi connectivity index (χ2n) is 4.83. The molecule has 4 heteroatoms. The summed E-state index contributed by atoms with van der Waals surface area (Å²) in [5.74, 6) is -0.387. The number of hydrogen-bond acceptors (Lipinski definition) is 2. The van der Waals surface area contributed by atoms with Crippen molar-refractivity contribution >= 4 is 17.3 Å². The monoisotopic (exact) mass is 222 g/mol. The molecular weight excluding hydrogens is 207 g/mol. The molecule has 1 aromatic rings. The van der Waals surface area contributed by atoms with Crippen molar-refractivity contribution in [3.05, 3.63) is 24.0 Å². The Labute approximate surface area is 94.3 Å². The van der Waals surface area contributed by atoms with Crippen molar-refractivity contribution in [3.8, 4) is 0 Å². The summed E-state index contributed by atoms with van der Waals surface area (Å²) in [6.45, 7) is 4.19. The Balaban J connectivity index is 2.53. The SMILES string of the molecule is CN1CC(C)(C)C(=O)Nc2cccc(F)c21. The Morgan fingerprint density at radius 2 is 2.12 bits per heavy atom. The topological polar surface area (TPSA) is 32.3 Å². The van der Waals surface area contributed by atoms with Gasteiger partial charge in [-0.2, -0.15) is 0 Å². The van der Waals surface area contributed by atoms with Crippen LogP contribution >= 0.6 is 0 Å². The van der Waals surface area contributed by atoms with Crippen LogP contribution in [-0.2, 0) is 4.79 Å². The first-order valence-electron chi connectivity index (χ1n) is 5.23. The first-order valence-corrected chi connectivity index (χ1v) is 5.23. The number of halogens is 1. The lowest BCUT2D eigenvalue weighted by atomic mass is 9.92. The first kappa shape index (κ1) is 10.9. The summed E-state index contributed by atoms with van der Waals surface area (Å²) in [5.41, 5.74) is 0.472. The highest BCUT2D eigenvalue weighted by Crippen LogP contribution is 2.34. The molecule has 0 fully saturated rings. The molecule has 3 nitrogen and oxygen atoms in total. The zero-order valence-corrected chi connectivity index (χ0v) is 9.67. The molecule has 1 amide bonds. The molecule has 0 atom stereocenters. The molecule has 1 aliphatic heterocycles. The summed E-state index contributed by atoms with van der Waals surface area (Å²) < 4.78 is 13.7. The number of anilines is 2. The Morgan fingerprint density at radius 3 is 2.81 bits per heavy atom. The number of carbonyl (C=O) groups is 1. The van der Waals surface area contributed by atoms with Crippen LogP contribution in [0.15, 0.2) is 18.2 Å². The standard InChI is InChI=1S/C12H15FN2O/c1-12(2)7-15(3)10-8(13)5-4-6-9(10)14-11(12)16/h4-6H,7H2,1-3H3,(H,14,16). The Kier molecular flexibility index (Phi) is 2.37. The minimum atomic E-state index is -0.528. The summed E-state index contributed by atoms with van der Waals surface area (Å²) in [6.07, 6.45) is 0. The highest BCUT2D eigenvalue weighted by atomic mass is 19.1. The van der Waals surface area contributed by atoms with Gasteiger partial charge >= 0.3 is 0 Å². The Bertz CT molecular complexity index is 443. The maximum absolute atomic E-state index is 13.7. The predicted octanol–water partition coefficient (Wildman–Crippen LogP) is 2.24. The van der Waals surface area contributed by atoms with Gasteiger partial charge in [0, 0.05) is 13.6 Å². The summed E-state index contributed by atoms with van der Waals surface area (Å²) in [4.78, 5) is 13.7. The highest BCUT2D eigenvalue weighted by molar-refractivity contribution is 5.99. The fourth-order valence-corrected chi connectivity index (χ4v) is 2.04. The lowest BCUT2D eigenvalue weighted by molar-refractivity contribution is -0.123. The van der Waals surface area contributed by atoms with Crippen molar-refractivity contribution in [3.63, 3.8) is 0 Å². The third-order valence-electron chi connectivity index (χ3n) is 2.86. The molecule has 1 heterocycles. The third kappa shape index (κ3) is 1.64. The fraction of sp³-hybridized carbons (Fsp3) is 0.417. The molecule has 0 saturated heterocycles. The van der Waals surface area contributed by atoms with Crippen LogP contribution in [0.2, 0.25) is 0 Å². The van der Waals surface area contributed by atoms with Crippen molar-refractivity contribution < 1.29 is 9.18 Å². The number of para-hydroxylation sites is 1. The van der Waals surface area contributed by atoms with Gasteiger partial charge in [0.25, 0.3) is 0 Å². The highest BCUT2D eigenvalue weighted by Gasteiger charge is 2.34. The van der Waals surface area contributed by atoms with Crippen molar-refractivity contribution in [2.45, 2.75) is 13.8 Å². The van der Waals surface area contributed by atoms with Crippen LogP contribution in [0.25, 0.3) is 0 Å². The van der Waals surface area contributed by atoms with E-state index in [1.165, 1.54) is 6.07 Å². The largest absolute Gasteiger partial charge is 0.369 e. The van der Waals surface area contributed by atoms with E-state index < -0.39 is 5.41 Å². The number of carbonyl (C=O) groups excluding carboxylic acids is 1. The normalized spacial score (nSPS) is 18.8. The Hall–Kier alpha value is -1.58. The number of benzene rings is 1. The van der Waals surface area contributed by atoms with Crippen LogP contribution in [0.5, 0.6) is 0 Å². The molecule has 16 heavy (non-hydrogen) atoms. The lowest BCUT2D eigenvalue weighted by Gasteiger charge is -2.26. The van der Waals surface area contributed by atoms with Gasteiger partial charge in [0.1, 0.15) is 5.82 Å². The van der Waals surface area contributed by atoms with Gasteiger partial charge in [-0.25, -0.2) is 4.39 Å². The number of fused-ring (bicyclic) bond motifs is 1. The fourth-order valence-electron chi connectivity index (χ4n) is 2.04. The van der Waals surface area contributed by atoms with E-state index in [0.717, 1.165) is 0 Å². The van der Waals surface area contributed by atoms with E-state index in [2.05, 4.69) is 5.32 Å². The van der Waals surface area contributed by atoms with Gasteiger partial charge in [-0.3, -0.25) is 4.79 Å². The average Bonchev–Trinajstić information content (AvgIpc) is 2.23. The average molecular weight is 222 g/mol. The molecule has 0 radical (unpaired) electrons. The van der Waals surface area contributed by atoms with Crippen molar-refractivity contribution in [2.75, 3.05) is 23.8 Å². The molecule has 1 aliphatic rings. The summed E-state index contributed by atoms with van der Waals surface area (Å²) in [7, 11) is 1.80. The predicted molar refractivity (Wildman–Crippen MR) is 62.1 cm³/mol. The van der Waals surface area contributed by atoms with Gasteiger partial charge in [-0.15, -0.1) is 0 Å². The van der Waals surface area contributed by atoms with Crippen LogP contribution in [0.4, 0.5) is 15.8 Å². The first-order chi connectivity index (χ1) is 7.42. The Morgan fingerprint density at radius 1 is 1.44 bits per heavy atom. The van der Waals surface area contributed by atoms with Crippen molar-refractivity contribution in [1.82, 2.24) is 0 Å². The van der Waals surface area contributed by atoms with Crippen LogP contribution < -0.4 is 10.2 Å². The molecular formula is C12H15FN2O. The maximum atomic E-state index is 13.7. The maximum Gasteiger partial charge on any atom is 0.231 e. The van der Waals surface area contributed by atoms with E-state index in [1.54, 1.807) is 24.1 Å². The van der Waals surface area contributed by atoms with Gasteiger partial charge in [-0.05, 0) is 26.0 Å². The van der Waals surface area contributed by atoms with Crippen LogP contribution in [0, 0.1) is 11.2 Å². The van der Waals surface area contributed by atoms with Crippen molar-refractivity contribution in [1.29, 1.82) is 0 Å². The summed E-state index contributed by atoms with van der Waals surface area (Å²) >= 11 is 0. The van der Waals surface area contributed by atoms with E-state index in [4.69, 9.17) is 0 Å². The van der Waals surface area contributed by atoms with Gasteiger partial charge < -0.3 is 10.2 Å².